The molecule has 0 unspecified atom stereocenters. The lowest BCUT2D eigenvalue weighted by atomic mass is 10.1. The molecule has 2 aromatic carbocycles. The highest BCUT2D eigenvalue weighted by molar-refractivity contribution is 5.79. The maximum Gasteiger partial charge on any atom is 0.266 e. The van der Waals surface area contributed by atoms with Crippen molar-refractivity contribution in [1.29, 1.82) is 0 Å². The first-order chi connectivity index (χ1) is 14.6. The minimum Gasteiger partial charge on any atom is -0.496 e. The summed E-state index contributed by atoms with van der Waals surface area (Å²) < 4.78 is 12.1. The van der Waals surface area contributed by atoms with E-state index in [1.165, 1.54) is 10.7 Å². The lowest BCUT2D eigenvalue weighted by Crippen LogP contribution is -2.32. The number of ether oxygens (including phenoxy) is 2. The molecule has 3 aromatic rings. The minimum absolute atomic E-state index is 0.143. The van der Waals surface area contributed by atoms with Gasteiger partial charge in [-0.15, -0.1) is 0 Å². The summed E-state index contributed by atoms with van der Waals surface area (Å²) in [7, 11) is 1.58. The van der Waals surface area contributed by atoms with Gasteiger partial charge in [0.15, 0.2) is 0 Å². The van der Waals surface area contributed by atoms with Gasteiger partial charge in [0.2, 0.25) is 5.91 Å². The number of aromatic nitrogens is 2. The van der Waals surface area contributed by atoms with E-state index in [4.69, 9.17) is 9.47 Å². The summed E-state index contributed by atoms with van der Waals surface area (Å²) in [5.41, 5.74) is 2.15. The molecular weight excluding hydrogens is 382 g/mol. The molecule has 1 heterocycles. The van der Waals surface area contributed by atoms with Crippen molar-refractivity contribution in [1.82, 2.24) is 15.1 Å². The Hall–Kier alpha value is -3.61. The van der Waals surface area contributed by atoms with Crippen LogP contribution in [0.15, 0.2) is 65.5 Å². The first-order valence-corrected chi connectivity index (χ1v) is 9.80. The fraction of sp³-hybridized carbons (Fsp3) is 0.261. The zero-order valence-electron chi connectivity index (χ0n) is 17.1. The van der Waals surface area contributed by atoms with Crippen LogP contribution in [0.25, 0.3) is 11.3 Å². The fourth-order valence-corrected chi connectivity index (χ4v) is 3.04. The second-order valence-corrected chi connectivity index (χ2v) is 6.58. The number of carbonyl (C=O) groups is 1. The number of amides is 1. The Labute approximate surface area is 175 Å². The number of benzene rings is 2. The first kappa shape index (κ1) is 21.1. The van der Waals surface area contributed by atoms with E-state index in [1.54, 1.807) is 13.2 Å². The molecule has 0 spiro atoms. The van der Waals surface area contributed by atoms with Crippen LogP contribution in [-0.2, 0) is 17.8 Å². The SMILES string of the molecule is CCOc1ccc(-c2ccc(=O)n(CCNC(=O)Cc3ccccc3OC)n2)cc1. The predicted octanol–water partition coefficient (Wildman–Crippen LogP) is 2.68. The van der Waals surface area contributed by atoms with Crippen molar-refractivity contribution in [2.75, 3.05) is 20.3 Å². The van der Waals surface area contributed by atoms with Gasteiger partial charge in [0, 0.05) is 23.7 Å². The highest BCUT2D eigenvalue weighted by atomic mass is 16.5. The lowest BCUT2D eigenvalue weighted by molar-refractivity contribution is -0.120. The maximum atomic E-state index is 12.2. The molecule has 1 amide bonds. The third kappa shape index (κ3) is 5.47. The number of methoxy groups -OCH3 is 1. The Balaban J connectivity index is 1.60. The summed E-state index contributed by atoms with van der Waals surface area (Å²) in [4.78, 5) is 24.4. The van der Waals surface area contributed by atoms with E-state index in [9.17, 15) is 9.59 Å². The fourth-order valence-electron chi connectivity index (χ4n) is 3.04. The Bertz CT molecular complexity index is 1040. The molecule has 30 heavy (non-hydrogen) atoms. The lowest BCUT2D eigenvalue weighted by Gasteiger charge is -2.10. The first-order valence-electron chi connectivity index (χ1n) is 9.80. The van der Waals surface area contributed by atoms with E-state index in [1.807, 2.05) is 55.5 Å². The van der Waals surface area contributed by atoms with Gasteiger partial charge in [0.25, 0.3) is 5.56 Å². The van der Waals surface area contributed by atoms with Crippen molar-refractivity contribution in [3.05, 3.63) is 76.6 Å². The second-order valence-electron chi connectivity index (χ2n) is 6.58. The summed E-state index contributed by atoms with van der Waals surface area (Å²) in [6.07, 6.45) is 0.207. The van der Waals surface area contributed by atoms with Crippen molar-refractivity contribution < 1.29 is 14.3 Å². The van der Waals surface area contributed by atoms with Gasteiger partial charge in [0.1, 0.15) is 11.5 Å². The number of nitrogens with one attached hydrogen (secondary N) is 1. The zero-order chi connectivity index (χ0) is 21.3. The molecule has 0 bridgehead atoms. The summed E-state index contributed by atoms with van der Waals surface area (Å²) in [5.74, 6) is 1.32. The van der Waals surface area contributed by atoms with Crippen LogP contribution < -0.4 is 20.3 Å². The van der Waals surface area contributed by atoms with Crippen LogP contribution in [-0.4, -0.2) is 35.9 Å². The molecule has 0 aliphatic carbocycles. The van der Waals surface area contributed by atoms with E-state index in [0.29, 0.717) is 24.6 Å². The molecule has 7 nitrogen and oxygen atoms in total. The maximum absolute atomic E-state index is 12.2. The number of nitrogens with zero attached hydrogens (tertiary/aromatic N) is 2. The van der Waals surface area contributed by atoms with E-state index < -0.39 is 0 Å². The Morgan fingerprint density at radius 2 is 1.83 bits per heavy atom. The molecule has 0 aliphatic rings. The Morgan fingerprint density at radius 1 is 1.07 bits per heavy atom. The smallest absolute Gasteiger partial charge is 0.266 e. The molecule has 0 aliphatic heterocycles. The number of rotatable bonds is 9. The highest BCUT2D eigenvalue weighted by Gasteiger charge is 2.09. The van der Waals surface area contributed by atoms with Gasteiger partial charge in [-0.2, -0.15) is 5.10 Å². The van der Waals surface area contributed by atoms with Crippen LogP contribution >= 0.6 is 0 Å². The molecule has 0 fully saturated rings. The molecule has 0 radical (unpaired) electrons. The monoisotopic (exact) mass is 407 g/mol. The Kier molecular flexibility index (Phi) is 7.21. The Morgan fingerprint density at radius 3 is 2.57 bits per heavy atom. The van der Waals surface area contributed by atoms with Gasteiger partial charge < -0.3 is 14.8 Å². The van der Waals surface area contributed by atoms with Crippen LogP contribution in [0.1, 0.15) is 12.5 Å². The normalized spacial score (nSPS) is 10.5. The van der Waals surface area contributed by atoms with Crippen LogP contribution in [0.3, 0.4) is 0 Å². The third-order valence-electron chi connectivity index (χ3n) is 4.52. The van der Waals surface area contributed by atoms with Gasteiger partial charge in [-0.25, -0.2) is 4.68 Å². The highest BCUT2D eigenvalue weighted by Crippen LogP contribution is 2.20. The molecule has 0 atom stereocenters. The van der Waals surface area contributed by atoms with E-state index >= 15 is 0 Å². The van der Waals surface area contributed by atoms with Crippen LogP contribution in [0.2, 0.25) is 0 Å². The van der Waals surface area contributed by atoms with Crippen molar-refractivity contribution in [3.8, 4) is 22.8 Å². The molecule has 1 aromatic heterocycles. The quantitative estimate of drug-likeness (QED) is 0.590. The summed E-state index contributed by atoms with van der Waals surface area (Å²) in [6.45, 7) is 3.11. The number of hydrogen-bond donors (Lipinski definition) is 1. The molecule has 7 heteroatoms. The second kappa shape index (κ2) is 10.2. The van der Waals surface area contributed by atoms with Crippen molar-refractivity contribution >= 4 is 5.91 Å². The minimum atomic E-state index is -0.219. The average molecular weight is 407 g/mol. The van der Waals surface area contributed by atoms with Gasteiger partial charge in [-0.05, 0) is 43.3 Å². The van der Waals surface area contributed by atoms with Crippen LogP contribution in [0.4, 0.5) is 0 Å². The van der Waals surface area contributed by atoms with Crippen LogP contribution in [0, 0.1) is 0 Å². The summed E-state index contributed by atoms with van der Waals surface area (Å²) in [5, 5.41) is 7.25. The predicted molar refractivity (Wildman–Crippen MR) is 115 cm³/mol. The van der Waals surface area contributed by atoms with Gasteiger partial charge >= 0.3 is 0 Å². The van der Waals surface area contributed by atoms with Gasteiger partial charge in [-0.1, -0.05) is 18.2 Å². The van der Waals surface area contributed by atoms with Crippen LogP contribution in [0.5, 0.6) is 11.5 Å². The average Bonchev–Trinajstić information content (AvgIpc) is 2.76. The summed E-state index contributed by atoms with van der Waals surface area (Å²) in [6, 6.07) is 18.1. The third-order valence-corrected chi connectivity index (χ3v) is 4.52. The standard InChI is InChI=1S/C23H25N3O4/c1-3-30-19-10-8-17(9-11-19)20-12-13-23(28)26(25-20)15-14-24-22(27)16-18-6-4-5-7-21(18)29-2/h4-13H,3,14-16H2,1-2H3,(H,24,27). The molecule has 0 saturated carbocycles. The van der Waals surface area contributed by atoms with Crippen molar-refractivity contribution in [2.24, 2.45) is 0 Å². The molecule has 1 N–H and O–H groups in total. The van der Waals surface area contributed by atoms with E-state index in [0.717, 1.165) is 16.9 Å². The largest absolute Gasteiger partial charge is 0.496 e. The number of para-hydroxylation sites is 1. The molecule has 3 rings (SSSR count). The summed E-state index contributed by atoms with van der Waals surface area (Å²) >= 11 is 0. The van der Waals surface area contributed by atoms with E-state index in [-0.39, 0.29) is 24.4 Å². The van der Waals surface area contributed by atoms with E-state index in [2.05, 4.69) is 10.4 Å². The van der Waals surface area contributed by atoms with Crippen molar-refractivity contribution in [2.45, 2.75) is 19.9 Å². The van der Waals surface area contributed by atoms with Crippen molar-refractivity contribution in [3.63, 3.8) is 0 Å². The topological polar surface area (TPSA) is 82.5 Å². The molecule has 0 saturated heterocycles. The van der Waals surface area contributed by atoms with Gasteiger partial charge in [-0.3, -0.25) is 9.59 Å². The number of carbonyl (C=O) groups excluding carboxylic acids is 1. The molecular formula is C23H25N3O4. The molecule has 156 valence electrons. The van der Waals surface area contributed by atoms with Gasteiger partial charge in [0.05, 0.1) is 32.4 Å². The number of hydrogen-bond acceptors (Lipinski definition) is 5. The zero-order valence-corrected chi connectivity index (χ0v) is 17.1.